The van der Waals surface area contributed by atoms with Crippen LogP contribution in [-0.4, -0.2) is 42.1 Å². The normalized spacial score (nSPS) is 13.6. The van der Waals surface area contributed by atoms with Gasteiger partial charge < -0.3 is 14.2 Å². The molecule has 0 radical (unpaired) electrons. The highest BCUT2D eigenvalue weighted by atomic mass is 16.5. The van der Waals surface area contributed by atoms with Gasteiger partial charge in [0.25, 0.3) is 0 Å². The van der Waals surface area contributed by atoms with Crippen molar-refractivity contribution in [3.63, 3.8) is 0 Å². The lowest BCUT2D eigenvalue weighted by molar-refractivity contribution is -0.146. The van der Waals surface area contributed by atoms with Crippen molar-refractivity contribution >= 4 is 11.9 Å². The average molecular weight is 537 g/mol. The van der Waals surface area contributed by atoms with Crippen LogP contribution in [0.1, 0.15) is 48.6 Å². The minimum atomic E-state index is -0.461. The van der Waals surface area contributed by atoms with E-state index in [0.717, 1.165) is 52.8 Å². The van der Waals surface area contributed by atoms with Gasteiger partial charge in [-0.3, -0.25) is 9.59 Å². The quantitative estimate of drug-likeness (QED) is 0.203. The second-order valence-corrected chi connectivity index (χ2v) is 10.6. The van der Waals surface area contributed by atoms with Crippen LogP contribution in [-0.2, 0) is 32.6 Å². The third kappa shape index (κ3) is 5.86. The summed E-state index contributed by atoms with van der Waals surface area (Å²) in [6.45, 7) is 4.85. The maximum absolute atomic E-state index is 12.8. The predicted molar refractivity (Wildman–Crippen MR) is 156 cm³/mol. The summed E-state index contributed by atoms with van der Waals surface area (Å²) in [5, 5.41) is 4.20. The van der Waals surface area contributed by atoms with E-state index >= 15 is 0 Å². The molecule has 0 spiro atoms. The molecule has 0 saturated heterocycles. The maximum Gasteiger partial charge on any atom is 0.316 e. The number of amides is 1. The summed E-state index contributed by atoms with van der Waals surface area (Å²) in [7, 11) is 1.86. The molecule has 6 nitrogen and oxygen atoms in total. The Kier molecular flexibility index (Phi) is 8.15. The van der Waals surface area contributed by atoms with Crippen molar-refractivity contribution in [2.45, 2.75) is 51.4 Å². The molecular weight excluding hydrogens is 500 g/mol. The number of aromatic nitrogens is 1. The second-order valence-electron chi connectivity index (χ2n) is 10.6. The Morgan fingerprint density at radius 1 is 0.900 bits per heavy atom. The van der Waals surface area contributed by atoms with E-state index in [4.69, 9.17) is 9.26 Å². The van der Waals surface area contributed by atoms with Crippen molar-refractivity contribution in [3.8, 4) is 22.5 Å². The number of aryl methyl sites for hydroxylation is 1. The van der Waals surface area contributed by atoms with Crippen molar-refractivity contribution < 1.29 is 18.8 Å². The molecule has 3 aromatic carbocycles. The fourth-order valence-electron chi connectivity index (χ4n) is 5.20. The molecule has 1 aromatic heterocycles. The van der Waals surface area contributed by atoms with Gasteiger partial charge in [-0.25, -0.2) is 0 Å². The summed E-state index contributed by atoms with van der Waals surface area (Å²) in [5.41, 5.74) is 6.64. The monoisotopic (exact) mass is 536 g/mol. The maximum atomic E-state index is 12.8. The lowest BCUT2D eigenvalue weighted by atomic mass is 9.93. The third-order valence-corrected chi connectivity index (χ3v) is 7.91. The van der Waals surface area contributed by atoms with Gasteiger partial charge in [-0.1, -0.05) is 84.0 Å². The largest absolute Gasteiger partial charge is 0.465 e. The first-order valence-electron chi connectivity index (χ1n) is 14.0. The van der Waals surface area contributed by atoms with Crippen LogP contribution in [0.15, 0.2) is 83.4 Å². The summed E-state index contributed by atoms with van der Waals surface area (Å²) < 4.78 is 11.0. The smallest absolute Gasteiger partial charge is 0.316 e. The van der Waals surface area contributed by atoms with Crippen LogP contribution in [0, 0.1) is 6.92 Å². The van der Waals surface area contributed by atoms with Gasteiger partial charge >= 0.3 is 5.97 Å². The molecule has 1 saturated carbocycles. The Morgan fingerprint density at radius 3 is 2.15 bits per heavy atom. The van der Waals surface area contributed by atoms with Crippen LogP contribution in [0.2, 0.25) is 0 Å². The van der Waals surface area contributed by atoms with Gasteiger partial charge in [0.05, 0.1) is 17.7 Å². The summed E-state index contributed by atoms with van der Waals surface area (Å²) in [6.07, 6.45) is 3.49. The average Bonchev–Trinajstić information content (AvgIpc) is 3.73. The lowest BCUT2D eigenvalue weighted by Crippen LogP contribution is -2.29. The van der Waals surface area contributed by atoms with E-state index in [-0.39, 0.29) is 11.9 Å². The van der Waals surface area contributed by atoms with Crippen LogP contribution in [0.25, 0.3) is 22.5 Å². The van der Waals surface area contributed by atoms with Gasteiger partial charge in [-0.15, -0.1) is 0 Å². The minimum absolute atomic E-state index is 0.109. The van der Waals surface area contributed by atoms with E-state index in [1.807, 2.05) is 63.4 Å². The number of esters is 1. The highest BCUT2D eigenvalue weighted by Crippen LogP contribution is 2.49. The van der Waals surface area contributed by atoms with Crippen LogP contribution in [0.4, 0.5) is 0 Å². The molecule has 40 heavy (non-hydrogen) atoms. The van der Waals surface area contributed by atoms with Crippen molar-refractivity contribution in [3.05, 3.63) is 101 Å². The SMILES string of the molecule is CCOC(=O)C1(c2ccc(-c3ccc(-c4onc(C)c4CCC(=O)N(C)CCc4ccccc4)cc3)cc2)CC1. The van der Waals surface area contributed by atoms with E-state index in [2.05, 4.69) is 41.6 Å². The molecule has 1 aliphatic carbocycles. The predicted octanol–water partition coefficient (Wildman–Crippen LogP) is 6.55. The Morgan fingerprint density at radius 2 is 1.52 bits per heavy atom. The number of ether oxygens (including phenoxy) is 1. The van der Waals surface area contributed by atoms with Gasteiger partial charge in [-0.2, -0.15) is 0 Å². The van der Waals surface area contributed by atoms with Gasteiger partial charge in [0.2, 0.25) is 5.91 Å². The summed E-state index contributed by atoms with van der Waals surface area (Å²) in [4.78, 5) is 27.1. The topological polar surface area (TPSA) is 72.6 Å². The minimum Gasteiger partial charge on any atom is -0.465 e. The van der Waals surface area contributed by atoms with Gasteiger partial charge in [0.1, 0.15) is 0 Å². The van der Waals surface area contributed by atoms with Gasteiger partial charge in [-0.05, 0) is 61.8 Å². The van der Waals surface area contributed by atoms with Crippen molar-refractivity contribution in [1.29, 1.82) is 0 Å². The molecule has 0 N–H and O–H groups in total. The van der Waals surface area contributed by atoms with Crippen LogP contribution in [0.5, 0.6) is 0 Å². The molecule has 4 aromatic rings. The lowest BCUT2D eigenvalue weighted by Gasteiger charge is -2.17. The standard InChI is InChI=1S/C34H36N2O4/c1-4-39-33(38)34(21-22-34)29-16-14-27(15-17-29)26-10-12-28(13-11-26)32-30(24(2)35-40-32)18-19-31(37)36(3)23-20-25-8-6-5-7-9-25/h5-17H,4,18-23H2,1-3H3. The Labute approximate surface area is 236 Å². The first-order valence-corrected chi connectivity index (χ1v) is 14.0. The number of hydrogen-bond donors (Lipinski definition) is 0. The zero-order chi connectivity index (χ0) is 28.1. The number of rotatable bonds is 11. The molecule has 6 heteroatoms. The molecular formula is C34H36N2O4. The third-order valence-electron chi connectivity index (χ3n) is 7.91. The number of benzene rings is 3. The Hall–Kier alpha value is -4.19. The molecule has 5 rings (SSSR count). The van der Waals surface area contributed by atoms with Crippen molar-refractivity contribution in [2.75, 3.05) is 20.2 Å². The second kappa shape index (κ2) is 11.9. The number of likely N-dealkylation sites (N-methyl/N-ethyl adjacent to an activating group) is 1. The molecule has 1 heterocycles. The number of carbonyl (C=O) groups excluding carboxylic acids is 2. The van der Waals surface area contributed by atoms with Gasteiger partial charge in [0, 0.05) is 31.1 Å². The first-order chi connectivity index (χ1) is 19.4. The zero-order valence-electron chi connectivity index (χ0n) is 23.5. The van der Waals surface area contributed by atoms with Gasteiger partial charge in [0.15, 0.2) is 5.76 Å². The molecule has 0 atom stereocenters. The van der Waals surface area contributed by atoms with E-state index in [1.54, 1.807) is 4.90 Å². The molecule has 206 valence electrons. The van der Waals surface area contributed by atoms with Crippen molar-refractivity contribution in [2.24, 2.45) is 0 Å². The summed E-state index contributed by atoms with van der Waals surface area (Å²) in [5.74, 6) is 0.701. The molecule has 1 amide bonds. The van der Waals surface area contributed by atoms with E-state index in [0.29, 0.717) is 31.8 Å². The Balaban J connectivity index is 1.22. The van der Waals surface area contributed by atoms with Crippen molar-refractivity contribution in [1.82, 2.24) is 10.1 Å². The first kappa shape index (κ1) is 27.4. The molecule has 0 unspecified atom stereocenters. The zero-order valence-corrected chi connectivity index (χ0v) is 23.5. The fourth-order valence-corrected chi connectivity index (χ4v) is 5.20. The molecule has 1 fully saturated rings. The fraction of sp³-hybridized carbons (Fsp3) is 0.324. The molecule has 1 aliphatic rings. The van der Waals surface area contributed by atoms with Crippen LogP contribution in [0.3, 0.4) is 0 Å². The van der Waals surface area contributed by atoms with Crippen LogP contribution >= 0.6 is 0 Å². The Bertz CT molecular complexity index is 1450. The highest BCUT2D eigenvalue weighted by molar-refractivity contribution is 5.87. The number of nitrogens with zero attached hydrogens (tertiary/aromatic N) is 2. The summed E-state index contributed by atoms with van der Waals surface area (Å²) in [6, 6.07) is 26.6. The van der Waals surface area contributed by atoms with E-state index < -0.39 is 5.41 Å². The van der Waals surface area contributed by atoms with E-state index in [1.165, 1.54) is 5.56 Å². The highest BCUT2D eigenvalue weighted by Gasteiger charge is 2.52. The molecule has 0 bridgehead atoms. The molecule has 0 aliphatic heterocycles. The van der Waals surface area contributed by atoms with Crippen LogP contribution < -0.4 is 0 Å². The number of carbonyl (C=O) groups is 2. The summed E-state index contributed by atoms with van der Waals surface area (Å²) >= 11 is 0. The number of hydrogen-bond acceptors (Lipinski definition) is 5. The van der Waals surface area contributed by atoms with E-state index in [9.17, 15) is 9.59 Å².